The van der Waals surface area contributed by atoms with E-state index < -0.39 is 0 Å². The van der Waals surface area contributed by atoms with Crippen LogP contribution in [0, 0.1) is 0 Å². The zero-order valence-corrected chi connectivity index (χ0v) is 7.44. The maximum atomic E-state index is 5.11. The molecule has 0 aromatic rings. The van der Waals surface area contributed by atoms with Gasteiger partial charge < -0.3 is 15.4 Å². The monoisotopic (exact) mass is 160 g/mol. The highest BCUT2D eigenvalue weighted by Gasteiger charge is 2.38. The molecule has 0 aromatic carbocycles. The molecule has 0 saturated carbocycles. The van der Waals surface area contributed by atoms with Gasteiger partial charge in [0.25, 0.3) is 0 Å². The Balaban J connectivity index is 0.000000378. The summed E-state index contributed by atoms with van der Waals surface area (Å²) in [5.41, 5.74) is 0.318. The fourth-order valence-electron chi connectivity index (χ4n) is 1.36. The molecular formula is C8H20N2O. The summed E-state index contributed by atoms with van der Waals surface area (Å²) in [5, 5.41) is 6.78. The van der Waals surface area contributed by atoms with Crippen LogP contribution in [-0.4, -0.2) is 38.4 Å². The molecule has 0 amide bonds. The maximum Gasteiger partial charge on any atom is 0.0780 e. The zero-order chi connectivity index (χ0) is 8.16. The van der Waals surface area contributed by atoms with Crippen LogP contribution < -0.4 is 10.6 Å². The van der Waals surface area contributed by atoms with Gasteiger partial charge in [-0.15, -0.1) is 0 Å². The van der Waals surface area contributed by atoms with Crippen molar-refractivity contribution in [1.82, 2.24) is 10.6 Å². The van der Waals surface area contributed by atoms with Gasteiger partial charge in [0.1, 0.15) is 0 Å². The third-order valence-corrected chi connectivity index (χ3v) is 2.02. The summed E-state index contributed by atoms with van der Waals surface area (Å²) in [5.74, 6) is 0. The van der Waals surface area contributed by atoms with Crippen LogP contribution in [0.3, 0.4) is 0 Å². The van der Waals surface area contributed by atoms with E-state index in [-0.39, 0.29) is 1.43 Å². The second-order valence-electron chi connectivity index (χ2n) is 2.88. The second kappa shape index (κ2) is 4.04. The molecule has 0 unspecified atom stereocenters. The molecule has 2 aliphatic rings. The average molecular weight is 160 g/mol. The molecule has 68 valence electrons. The third kappa shape index (κ3) is 1.92. The summed E-state index contributed by atoms with van der Waals surface area (Å²) >= 11 is 0. The Morgan fingerprint density at radius 2 is 2.00 bits per heavy atom. The summed E-state index contributed by atoms with van der Waals surface area (Å²) in [7, 11) is 0. The molecule has 0 bridgehead atoms. The highest BCUT2D eigenvalue weighted by molar-refractivity contribution is 4.98. The molecule has 2 heterocycles. The first-order chi connectivity index (χ1) is 5.41. The molecule has 2 saturated heterocycles. The van der Waals surface area contributed by atoms with E-state index in [9.17, 15) is 0 Å². The minimum atomic E-state index is 0. The van der Waals surface area contributed by atoms with Crippen molar-refractivity contribution in [2.45, 2.75) is 19.4 Å². The highest BCUT2D eigenvalue weighted by Crippen LogP contribution is 2.16. The summed E-state index contributed by atoms with van der Waals surface area (Å²) in [6.45, 7) is 9.04. The van der Waals surface area contributed by atoms with E-state index in [0.717, 1.165) is 32.8 Å². The number of hydrogen-bond donors (Lipinski definition) is 2. The van der Waals surface area contributed by atoms with Crippen molar-refractivity contribution in [3.63, 3.8) is 0 Å². The fraction of sp³-hybridized carbons (Fsp3) is 1.00. The molecule has 2 N–H and O–H groups in total. The molecule has 0 aliphatic carbocycles. The van der Waals surface area contributed by atoms with E-state index >= 15 is 0 Å². The largest absolute Gasteiger partial charge is 0.377 e. The van der Waals surface area contributed by atoms with Gasteiger partial charge in [0, 0.05) is 21.1 Å². The predicted octanol–water partition coefficient (Wildman–Crippen LogP) is 0.220. The molecule has 3 heteroatoms. The Morgan fingerprint density at radius 3 is 2.27 bits per heavy atom. The molecular weight excluding hydrogens is 140 g/mol. The van der Waals surface area contributed by atoms with Gasteiger partial charge in [0.05, 0.1) is 18.8 Å². The number of piperazine rings is 1. The Morgan fingerprint density at radius 1 is 1.27 bits per heavy atom. The van der Waals surface area contributed by atoms with Crippen LogP contribution in [0.25, 0.3) is 0 Å². The molecule has 0 atom stereocenters. The highest BCUT2D eigenvalue weighted by atomic mass is 16.5. The van der Waals surface area contributed by atoms with Crippen LogP contribution in [0.15, 0.2) is 0 Å². The van der Waals surface area contributed by atoms with Gasteiger partial charge in [-0.1, -0.05) is 13.8 Å². The first-order valence-electron chi connectivity index (χ1n) is 4.45. The SMILES string of the molecule is C1CNC2(CN1)COC2.CC.[HH]. The van der Waals surface area contributed by atoms with E-state index in [1.54, 1.807) is 0 Å². The van der Waals surface area contributed by atoms with Crippen LogP contribution >= 0.6 is 0 Å². The first kappa shape index (κ1) is 8.97. The van der Waals surface area contributed by atoms with Crippen molar-refractivity contribution in [2.24, 2.45) is 0 Å². The van der Waals surface area contributed by atoms with Crippen LogP contribution in [0.1, 0.15) is 15.3 Å². The zero-order valence-electron chi connectivity index (χ0n) is 7.44. The quantitative estimate of drug-likeness (QED) is 0.532. The van der Waals surface area contributed by atoms with Gasteiger partial charge in [0.2, 0.25) is 0 Å². The Hall–Kier alpha value is -0.120. The van der Waals surface area contributed by atoms with Crippen molar-refractivity contribution in [3.8, 4) is 0 Å². The van der Waals surface area contributed by atoms with Crippen molar-refractivity contribution in [1.29, 1.82) is 0 Å². The van der Waals surface area contributed by atoms with Gasteiger partial charge in [-0.05, 0) is 0 Å². The van der Waals surface area contributed by atoms with E-state index in [1.807, 2.05) is 13.8 Å². The lowest BCUT2D eigenvalue weighted by Crippen LogP contribution is -2.69. The topological polar surface area (TPSA) is 33.3 Å². The molecule has 0 radical (unpaired) electrons. The lowest BCUT2D eigenvalue weighted by molar-refractivity contribution is -0.0787. The molecule has 2 fully saturated rings. The van der Waals surface area contributed by atoms with E-state index in [1.165, 1.54) is 0 Å². The molecule has 11 heavy (non-hydrogen) atoms. The summed E-state index contributed by atoms with van der Waals surface area (Å²) in [4.78, 5) is 0. The molecule has 2 rings (SSSR count). The van der Waals surface area contributed by atoms with Crippen molar-refractivity contribution in [2.75, 3.05) is 32.8 Å². The smallest absolute Gasteiger partial charge is 0.0780 e. The number of nitrogens with one attached hydrogen (secondary N) is 2. The van der Waals surface area contributed by atoms with Gasteiger partial charge in [0.15, 0.2) is 0 Å². The fourth-order valence-corrected chi connectivity index (χ4v) is 1.36. The van der Waals surface area contributed by atoms with Gasteiger partial charge in [-0.25, -0.2) is 0 Å². The summed E-state index contributed by atoms with van der Waals surface area (Å²) < 4.78 is 5.11. The molecule has 1 spiro atoms. The van der Waals surface area contributed by atoms with Gasteiger partial charge >= 0.3 is 0 Å². The number of ether oxygens (including phenoxy) is 1. The number of rotatable bonds is 0. The second-order valence-corrected chi connectivity index (χ2v) is 2.88. The van der Waals surface area contributed by atoms with Crippen molar-refractivity contribution >= 4 is 0 Å². The molecule has 2 aliphatic heterocycles. The van der Waals surface area contributed by atoms with E-state index in [4.69, 9.17) is 4.74 Å². The minimum Gasteiger partial charge on any atom is -0.377 e. The Bertz CT molecular complexity index is 110. The summed E-state index contributed by atoms with van der Waals surface area (Å²) in [6, 6.07) is 0. The normalized spacial score (nSPS) is 26.7. The van der Waals surface area contributed by atoms with Crippen molar-refractivity contribution < 1.29 is 6.16 Å². The van der Waals surface area contributed by atoms with Crippen molar-refractivity contribution in [3.05, 3.63) is 0 Å². The van der Waals surface area contributed by atoms with E-state index in [2.05, 4.69) is 10.6 Å². The molecule has 3 nitrogen and oxygen atoms in total. The van der Waals surface area contributed by atoms with Crippen LogP contribution in [0.5, 0.6) is 0 Å². The van der Waals surface area contributed by atoms with Gasteiger partial charge in [-0.3, -0.25) is 0 Å². The lowest BCUT2D eigenvalue weighted by Gasteiger charge is -2.45. The maximum absolute atomic E-state index is 5.11. The van der Waals surface area contributed by atoms with E-state index in [0.29, 0.717) is 5.54 Å². The van der Waals surface area contributed by atoms with Gasteiger partial charge in [-0.2, -0.15) is 0 Å². The summed E-state index contributed by atoms with van der Waals surface area (Å²) in [6.07, 6.45) is 0. The predicted molar refractivity (Wildman–Crippen MR) is 47.9 cm³/mol. The minimum absolute atomic E-state index is 0. The standard InChI is InChI=1S/C6H12N2O.C2H6.H2/c1-2-8-6(3-7-1)4-9-5-6;1-2;/h7-8H,1-5H2;1-2H3;1H. The van der Waals surface area contributed by atoms with Crippen LogP contribution in [0.2, 0.25) is 0 Å². The third-order valence-electron chi connectivity index (χ3n) is 2.02. The van der Waals surface area contributed by atoms with Crippen LogP contribution in [0.4, 0.5) is 0 Å². The average Bonchev–Trinajstić information content (AvgIpc) is 2.07. The number of hydrogen-bond acceptors (Lipinski definition) is 3. The Kier molecular flexibility index (Phi) is 3.30. The van der Waals surface area contributed by atoms with Crippen LogP contribution in [-0.2, 0) is 4.74 Å². The first-order valence-corrected chi connectivity index (χ1v) is 4.45. The Labute approximate surface area is 70.0 Å². The molecule has 0 aromatic heterocycles. The lowest BCUT2D eigenvalue weighted by atomic mass is 9.96.